The molecule has 0 spiro atoms. The van der Waals surface area contributed by atoms with Gasteiger partial charge in [-0.1, -0.05) is 4.49 Å². The van der Waals surface area contributed by atoms with E-state index in [-0.39, 0.29) is 18.5 Å². The van der Waals surface area contributed by atoms with Gasteiger partial charge in [-0.25, -0.2) is 9.18 Å². The largest absolute Gasteiger partial charge is 0.459 e. The Labute approximate surface area is 124 Å². The SMILES string of the molecule is O=C(OCC1CCCO1)c1snnc1-c1ccc(F)cc1. The van der Waals surface area contributed by atoms with E-state index in [0.29, 0.717) is 22.7 Å². The zero-order valence-corrected chi connectivity index (χ0v) is 11.9. The van der Waals surface area contributed by atoms with E-state index in [9.17, 15) is 9.18 Å². The van der Waals surface area contributed by atoms with Crippen molar-refractivity contribution in [3.63, 3.8) is 0 Å². The maximum atomic E-state index is 12.9. The molecule has 2 aromatic rings. The first kappa shape index (κ1) is 14.1. The van der Waals surface area contributed by atoms with E-state index >= 15 is 0 Å². The van der Waals surface area contributed by atoms with Crippen LogP contribution in [0.1, 0.15) is 22.5 Å². The number of esters is 1. The lowest BCUT2D eigenvalue weighted by atomic mass is 10.1. The van der Waals surface area contributed by atoms with Crippen molar-refractivity contribution < 1.29 is 18.7 Å². The van der Waals surface area contributed by atoms with Crippen molar-refractivity contribution in [1.29, 1.82) is 0 Å². The van der Waals surface area contributed by atoms with Crippen molar-refractivity contribution in [3.8, 4) is 11.3 Å². The fourth-order valence-corrected chi connectivity index (χ4v) is 2.71. The second kappa shape index (κ2) is 6.28. The minimum Gasteiger partial charge on any atom is -0.459 e. The molecule has 1 fully saturated rings. The van der Waals surface area contributed by atoms with E-state index in [2.05, 4.69) is 9.59 Å². The third kappa shape index (κ3) is 3.25. The van der Waals surface area contributed by atoms with Crippen LogP contribution in [0.15, 0.2) is 24.3 Å². The molecule has 0 bridgehead atoms. The van der Waals surface area contributed by atoms with Crippen molar-refractivity contribution in [2.75, 3.05) is 13.2 Å². The number of hydrogen-bond acceptors (Lipinski definition) is 6. The van der Waals surface area contributed by atoms with Gasteiger partial charge in [0.05, 0.1) is 6.10 Å². The van der Waals surface area contributed by atoms with Crippen LogP contribution in [0.5, 0.6) is 0 Å². The summed E-state index contributed by atoms with van der Waals surface area (Å²) in [5.41, 5.74) is 1.05. The summed E-state index contributed by atoms with van der Waals surface area (Å²) in [6.07, 6.45) is 1.87. The van der Waals surface area contributed by atoms with Crippen molar-refractivity contribution in [2.24, 2.45) is 0 Å². The van der Waals surface area contributed by atoms with Crippen LogP contribution >= 0.6 is 11.5 Å². The number of nitrogens with zero attached hydrogens (tertiary/aromatic N) is 2. The zero-order valence-electron chi connectivity index (χ0n) is 11.1. The van der Waals surface area contributed by atoms with Gasteiger partial charge in [0.2, 0.25) is 0 Å². The summed E-state index contributed by atoms with van der Waals surface area (Å²) in [6.45, 7) is 0.949. The number of benzene rings is 1. The molecule has 1 aliphatic rings. The predicted octanol–water partition coefficient (Wildman–Crippen LogP) is 2.68. The van der Waals surface area contributed by atoms with Crippen molar-refractivity contribution in [1.82, 2.24) is 9.59 Å². The highest BCUT2D eigenvalue weighted by atomic mass is 32.1. The summed E-state index contributed by atoms with van der Waals surface area (Å²) < 4.78 is 27.4. The molecule has 1 unspecified atom stereocenters. The van der Waals surface area contributed by atoms with Crippen LogP contribution in [0.2, 0.25) is 0 Å². The predicted molar refractivity (Wildman–Crippen MR) is 74.6 cm³/mol. The standard InChI is InChI=1S/C14H13FN2O3S/c15-10-5-3-9(4-6-10)12-13(21-17-16-12)14(18)20-8-11-2-1-7-19-11/h3-6,11H,1-2,7-8H2. The molecule has 7 heteroatoms. The lowest BCUT2D eigenvalue weighted by Gasteiger charge is -2.09. The van der Waals surface area contributed by atoms with Gasteiger partial charge < -0.3 is 9.47 Å². The zero-order chi connectivity index (χ0) is 14.7. The Balaban J connectivity index is 1.72. The lowest BCUT2D eigenvalue weighted by Crippen LogP contribution is -2.17. The molecule has 1 atom stereocenters. The average Bonchev–Trinajstić information content (AvgIpc) is 3.17. The summed E-state index contributed by atoms with van der Waals surface area (Å²) in [5, 5.41) is 3.93. The number of ether oxygens (including phenoxy) is 2. The Kier molecular flexibility index (Phi) is 4.21. The smallest absolute Gasteiger partial charge is 0.352 e. The van der Waals surface area contributed by atoms with Gasteiger partial charge in [-0.15, -0.1) is 5.10 Å². The quantitative estimate of drug-likeness (QED) is 0.813. The van der Waals surface area contributed by atoms with E-state index in [0.717, 1.165) is 24.4 Å². The van der Waals surface area contributed by atoms with Gasteiger partial charge in [0.15, 0.2) is 4.88 Å². The van der Waals surface area contributed by atoms with Gasteiger partial charge in [-0.3, -0.25) is 0 Å². The monoisotopic (exact) mass is 308 g/mol. The van der Waals surface area contributed by atoms with Gasteiger partial charge >= 0.3 is 5.97 Å². The van der Waals surface area contributed by atoms with E-state index < -0.39 is 5.97 Å². The summed E-state index contributed by atoms with van der Waals surface area (Å²) in [4.78, 5) is 12.4. The van der Waals surface area contributed by atoms with Gasteiger partial charge in [0.25, 0.3) is 0 Å². The van der Waals surface area contributed by atoms with Crippen molar-refractivity contribution in [3.05, 3.63) is 35.0 Å². The van der Waals surface area contributed by atoms with Crippen LogP contribution in [-0.4, -0.2) is 34.9 Å². The Morgan fingerprint density at radius 3 is 2.95 bits per heavy atom. The van der Waals surface area contributed by atoms with Crippen molar-refractivity contribution >= 4 is 17.5 Å². The minimum atomic E-state index is -0.472. The van der Waals surface area contributed by atoms with Gasteiger partial charge in [-0.2, -0.15) is 0 Å². The number of aromatic nitrogens is 2. The van der Waals surface area contributed by atoms with E-state index in [4.69, 9.17) is 9.47 Å². The molecule has 0 amide bonds. The van der Waals surface area contributed by atoms with E-state index in [1.165, 1.54) is 12.1 Å². The summed E-state index contributed by atoms with van der Waals surface area (Å²) in [6, 6.07) is 5.75. The van der Waals surface area contributed by atoms with E-state index in [1.54, 1.807) is 12.1 Å². The molecule has 0 saturated carbocycles. The third-order valence-corrected chi connectivity index (χ3v) is 3.92. The fraction of sp³-hybridized carbons (Fsp3) is 0.357. The molecule has 2 heterocycles. The average molecular weight is 308 g/mol. The number of carbonyl (C=O) groups excluding carboxylic acids is 1. The molecule has 1 aromatic heterocycles. The van der Waals surface area contributed by atoms with Crippen LogP contribution in [0, 0.1) is 5.82 Å². The molecular formula is C14H13FN2O3S. The first-order chi connectivity index (χ1) is 10.2. The fourth-order valence-electron chi connectivity index (χ4n) is 2.13. The van der Waals surface area contributed by atoms with Gasteiger partial charge in [0.1, 0.15) is 18.1 Å². The molecule has 1 aliphatic heterocycles. The molecular weight excluding hydrogens is 295 g/mol. The normalized spacial score (nSPS) is 17.9. The number of halogens is 1. The molecule has 0 N–H and O–H groups in total. The summed E-state index contributed by atoms with van der Waals surface area (Å²) in [7, 11) is 0. The molecule has 21 heavy (non-hydrogen) atoms. The Morgan fingerprint density at radius 2 is 2.24 bits per heavy atom. The highest BCUT2D eigenvalue weighted by molar-refractivity contribution is 7.08. The molecule has 1 saturated heterocycles. The Hall–Kier alpha value is -1.86. The second-order valence-electron chi connectivity index (χ2n) is 4.69. The molecule has 3 rings (SSSR count). The van der Waals surface area contributed by atoms with Gasteiger partial charge in [-0.05, 0) is 48.6 Å². The number of hydrogen-bond donors (Lipinski definition) is 0. The second-order valence-corrected chi connectivity index (χ2v) is 5.45. The topological polar surface area (TPSA) is 61.3 Å². The number of rotatable bonds is 4. The molecule has 0 radical (unpaired) electrons. The van der Waals surface area contributed by atoms with Crippen LogP contribution in [0.25, 0.3) is 11.3 Å². The van der Waals surface area contributed by atoms with Crippen molar-refractivity contribution in [2.45, 2.75) is 18.9 Å². The first-order valence-electron chi connectivity index (χ1n) is 6.61. The van der Waals surface area contributed by atoms with E-state index in [1.807, 2.05) is 0 Å². The van der Waals surface area contributed by atoms with Crippen LogP contribution in [0.3, 0.4) is 0 Å². The summed E-state index contributed by atoms with van der Waals surface area (Å²) in [5.74, 6) is -0.815. The maximum absolute atomic E-state index is 12.9. The summed E-state index contributed by atoms with van der Waals surface area (Å²) >= 11 is 0.969. The lowest BCUT2D eigenvalue weighted by molar-refractivity contribution is 0.0166. The Morgan fingerprint density at radius 1 is 1.43 bits per heavy atom. The first-order valence-corrected chi connectivity index (χ1v) is 7.38. The van der Waals surface area contributed by atoms with Crippen LogP contribution in [-0.2, 0) is 9.47 Å². The molecule has 0 aliphatic carbocycles. The highest BCUT2D eigenvalue weighted by Crippen LogP contribution is 2.25. The Bertz CT molecular complexity index is 623. The van der Waals surface area contributed by atoms with Gasteiger partial charge in [0, 0.05) is 12.2 Å². The van der Waals surface area contributed by atoms with Crippen LogP contribution < -0.4 is 0 Å². The number of carbonyl (C=O) groups is 1. The maximum Gasteiger partial charge on any atom is 0.352 e. The third-order valence-electron chi connectivity index (χ3n) is 3.22. The highest BCUT2D eigenvalue weighted by Gasteiger charge is 2.22. The minimum absolute atomic E-state index is 0.0240. The molecule has 110 valence electrons. The van der Waals surface area contributed by atoms with Crippen LogP contribution in [0.4, 0.5) is 4.39 Å². The molecule has 5 nitrogen and oxygen atoms in total. The molecule has 1 aromatic carbocycles.